The van der Waals surface area contributed by atoms with Crippen LogP contribution in [0.1, 0.15) is 180 Å². The highest BCUT2D eigenvalue weighted by Gasteiger charge is 2.31. The third-order valence-corrected chi connectivity index (χ3v) is 16.4. The van der Waals surface area contributed by atoms with Crippen molar-refractivity contribution in [3.8, 4) is 11.1 Å². The molecule has 16 heteroatoms. The quantitative estimate of drug-likeness (QED) is 0.0424. The SMILES string of the molecule is CCCCCCCCCCCCOC[C@H](CSC[C@H](NC(=O)OCC1c2ccccc2-c2ccccc21)C(=O)N[C@@H](C)C(=O)NCCOCCOCCP(=O)(OCC)OCC)OCCCCCCCCCCCC. The third kappa shape index (κ3) is 28.4. The average molecular weight is 1080 g/mol. The number of thioether (sulfide) groups is 1. The van der Waals surface area contributed by atoms with Crippen LogP contribution in [-0.4, -0.2) is 126 Å². The molecule has 3 atom stereocenters. The van der Waals surface area contributed by atoms with Crippen molar-refractivity contribution in [2.24, 2.45) is 0 Å². The van der Waals surface area contributed by atoms with E-state index in [4.69, 9.17) is 32.7 Å². The molecular formula is C58H98N3O11PS. The molecule has 1 aliphatic carbocycles. The van der Waals surface area contributed by atoms with Crippen LogP contribution in [0.4, 0.5) is 4.79 Å². The molecule has 0 unspecified atom stereocenters. The van der Waals surface area contributed by atoms with Gasteiger partial charge in [0.2, 0.25) is 11.8 Å². The van der Waals surface area contributed by atoms with Crippen molar-refractivity contribution >= 4 is 37.3 Å². The fraction of sp³-hybridized carbons (Fsp3) is 0.741. The lowest BCUT2D eigenvalue weighted by molar-refractivity contribution is -0.129. The fourth-order valence-electron chi connectivity index (χ4n) is 9.01. The Hall–Kier alpha value is -3.01. The molecule has 3 N–H and O–H groups in total. The molecule has 2 aromatic carbocycles. The van der Waals surface area contributed by atoms with Gasteiger partial charge < -0.3 is 48.7 Å². The summed E-state index contributed by atoms with van der Waals surface area (Å²) in [6.07, 6.45) is 24.4. The Morgan fingerprint density at radius 1 is 0.581 bits per heavy atom. The number of unbranched alkanes of at least 4 members (excludes halogenated alkanes) is 18. The fourth-order valence-corrected chi connectivity index (χ4v) is 11.5. The first-order chi connectivity index (χ1) is 36.2. The Labute approximate surface area is 451 Å². The maximum Gasteiger partial charge on any atom is 0.407 e. The lowest BCUT2D eigenvalue weighted by Crippen LogP contribution is -2.54. The molecule has 0 spiro atoms. The summed E-state index contributed by atoms with van der Waals surface area (Å²) in [7, 11) is -3.17. The zero-order valence-corrected chi connectivity index (χ0v) is 48.0. The molecule has 74 heavy (non-hydrogen) atoms. The highest BCUT2D eigenvalue weighted by molar-refractivity contribution is 7.99. The largest absolute Gasteiger partial charge is 0.449 e. The number of carbonyl (C=O) groups excluding carboxylic acids is 3. The van der Waals surface area contributed by atoms with Crippen LogP contribution in [0.25, 0.3) is 11.1 Å². The minimum absolute atomic E-state index is 0.101. The average Bonchev–Trinajstić information content (AvgIpc) is 3.72. The van der Waals surface area contributed by atoms with E-state index in [1.54, 1.807) is 20.8 Å². The molecule has 3 rings (SSSR count). The van der Waals surface area contributed by atoms with E-state index >= 15 is 0 Å². The molecule has 3 amide bonds. The first-order valence-electron chi connectivity index (χ1n) is 28.7. The van der Waals surface area contributed by atoms with E-state index in [9.17, 15) is 18.9 Å². The van der Waals surface area contributed by atoms with Crippen molar-refractivity contribution in [3.05, 3.63) is 59.7 Å². The van der Waals surface area contributed by atoms with Crippen LogP contribution in [0.2, 0.25) is 0 Å². The monoisotopic (exact) mass is 1080 g/mol. The van der Waals surface area contributed by atoms with Gasteiger partial charge in [0.25, 0.3) is 0 Å². The van der Waals surface area contributed by atoms with E-state index in [0.29, 0.717) is 25.6 Å². The van der Waals surface area contributed by atoms with Gasteiger partial charge in [0.15, 0.2) is 0 Å². The van der Waals surface area contributed by atoms with Crippen molar-refractivity contribution in [1.29, 1.82) is 0 Å². The summed E-state index contributed by atoms with van der Waals surface area (Å²) in [6.45, 7) is 13.3. The number of amides is 3. The molecule has 0 saturated carbocycles. The Morgan fingerprint density at radius 3 is 1.65 bits per heavy atom. The van der Waals surface area contributed by atoms with Gasteiger partial charge in [-0.3, -0.25) is 14.2 Å². The number of carbonyl (C=O) groups is 3. The number of hydrogen-bond donors (Lipinski definition) is 3. The summed E-state index contributed by atoms with van der Waals surface area (Å²) in [5.74, 6) is -0.246. The number of fused-ring (bicyclic) bond motifs is 3. The lowest BCUT2D eigenvalue weighted by Gasteiger charge is -2.23. The number of nitrogens with one attached hydrogen (secondary N) is 3. The zero-order chi connectivity index (χ0) is 53.3. The molecule has 0 radical (unpaired) electrons. The van der Waals surface area contributed by atoms with Crippen LogP contribution < -0.4 is 16.0 Å². The van der Waals surface area contributed by atoms with E-state index in [-0.39, 0.29) is 76.7 Å². The number of alkyl carbamates (subject to hydrolysis) is 1. The second-order valence-corrected chi connectivity index (χ2v) is 22.7. The predicted molar refractivity (Wildman–Crippen MR) is 302 cm³/mol. The minimum Gasteiger partial charge on any atom is -0.449 e. The molecule has 422 valence electrons. The molecule has 0 bridgehead atoms. The van der Waals surface area contributed by atoms with Crippen LogP contribution in [0.3, 0.4) is 0 Å². The van der Waals surface area contributed by atoms with E-state index in [2.05, 4.69) is 54.1 Å². The summed E-state index contributed by atoms with van der Waals surface area (Å²) >= 11 is 1.51. The Morgan fingerprint density at radius 2 is 1.09 bits per heavy atom. The number of rotatable bonds is 48. The third-order valence-electron chi connectivity index (χ3n) is 13.2. The Bertz CT molecular complexity index is 1770. The summed E-state index contributed by atoms with van der Waals surface area (Å²) in [5, 5.41) is 8.45. The number of ether oxygens (including phenoxy) is 5. The molecule has 0 aromatic heterocycles. The van der Waals surface area contributed by atoms with Gasteiger partial charge in [-0.15, -0.1) is 0 Å². The maximum absolute atomic E-state index is 14.0. The van der Waals surface area contributed by atoms with Gasteiger partial charge in [-0.05, 0) is 55.9 Å². The Kier molecular flexibility index (Phi) is 37.1. The highest BCUT2D eigenvalue weighted by Crippen LogP contribution is 2.47. The highest BCUT2D eigenvalue weighted by atomic mass is 32.2. The van der Waals surface area contributed by atoms with Crippen molar-refractivity contribution in [3.63, 3.8) is 0 Å². The van der Waals surface area contributed by atoms with Gasteiger partial charge in [-0.25, -0.2) is 4.79 Å². The van der Waals surface area contributed by atoms with Gasteiger partial charge >= 0.3 is 13.7 Å². The summed E-state index contributed by atoms with van der Waals surface area (Å²) < 4.78 is 52.9. The smallest absolute Gasteiger partial charge is 0.407 e. The van der Waals surface area contributed by atoms with Gasteiger partial charge in [0.1, 0.15) is 18.7 Å². The molecule has 2 aromatic rings. The van der Waals surface area contributed by atoms with Gasteiger partial charge in [-0.1, -0.05) is 178 Å². The molecule has 0 heterocycles. The normalized spacial score (nSPS) is 13.5. The first kappa shape index (κ1) is 65.3. The van der Waals surface area contributed by atoms with Crippen LogP contribution in [0.5, 0.6) is 0 Å². The minimum atomic E-state index is -3.17. The molecule has 1 aliphatic rings. The number of hydrogen-bond acceptors (Lipinski definition) is 12. The van der Waals surface area contributed by atoms with Crippen molar-refractivity contribution in [2.75, 3.05) is 90.3 Å². The van der Waals surface area contributed by atoms with Crippen molar-refractivity contribution < 1.29 is 51.7 Å². The molecular weight excluding hydrogens is 978 g/mol. The second-order valence-electron chi connectivity index (χ2n) is 19.4. The topological polar surface area (TPSA) is 169 Å². The van der Waals surface area contributed by atoms with Crippen LogP contribution in [0.15, 0.2) is 48.5 Å². The summed E-state index contributed by atoms with van der Waals surface area (Å²) in [5.41, 5.74) is 4.43. The lowest BCUT2D eigenvalue weighted by atomic mass is 9.98. The molecule has 0 aliphatic heterocycles. The summed E-state index contributed by atoms with van der Waals surface area (Å²) in [6, 6.07) is 14.4. The van der Waals surface area contributed by atoms with Gasteiger partial charge in [0, 0.05) is 37.2 Å². The van der Waals surface area contributed by atoms with Crippen molar-refractivity contribution in [2.45, 2.75) is 187 Å². The predicted octanol–water partition coefficient (Wildman–Crippen LogP) is 12.8. The van der Waals surface area contributed by atoms with E-state index in [0.717, 1.165) is 47.9 Å². The summed E-state index contributed by atoms with van der Waals surface area (Å²) in [4.78, 5) is 40.7. The second kappa shape index (κ2) is 42.1. The zero-order valence-electron chi connectivity index (χ0n) is 46.3. The Balaban J connectivity index is 1.55. The van der Waals surface area contributed by atoms with Gasteiger partial charge in [-0.2, -0.15) is 11.8 Å². The molecule has 0 saturated heterocycles. The van der Waals surface area contributed by atoms with E-state index in [1.165, 1.54) is 114 Å². The van der Waals surface area contributed by atoms with Crippen LogP contribution in [0, 0.1) is 0 Å². The van der Waals surface area contributed by atoms with Crippen LogP contribution in [-0.2, 0) is 46.9 Å². The van der Waals surface area contributed by atoms with Crippen LogP contribution >= 0.6 is 19.4 Å². The maximum atomic E-state index is 14.0. The standard InChI is InChI=1S/C58H98N3O11PS/c1-6-10-12-14-16-18-20-22-24-30-37-68-44-49(69-38-31-25-23-21-19-17-15-13-11-7-2)46-74-47-55(61-58(64)70-45-54-52-34-28-26-32-50(52)51-33-27-29-35-53(51)54)57(63)60-48(5)56(62)59-36-39-66-40-41-67-42-43-73(65,71-8-3)72-9-4/h26-29,32-35,48-49,54-55H,6-25,30-31,36-47H2,1-5H3,(H,59,62)(H,60,63)(H,61,64)/t48-,49+,55-/m0/s1. The van der Waals surface area contributed by atoms with Crippen molar-refractivity contribution in [1.82, 2.24) is 16.0 Å². The molecule has 0 fully saturated rings. The molecule has 14 nitrogen and oxygen atoms in total. The van der Waals surface area contributed by atoms with E-state index in [1.807, 2.05) is 24.3 Å². The van der Waals surface area contributed by atoms with Gasteiger partial charge in [0.05, 0.1) is 58.5 Å². The number of benzene rings is 2. The first-order valence-corrected chi connectivity index (χ1v) is 31.5. The van der Waals surface area contributed by atoms with E-state index < -0.39 is 37.6 Å².